The first-order valence-electron chi connectivity index (χ1n) is 11.1. The third-order valence-electron chi connectivity index (χ3n) is 6.72. The number of hydrogen-bond donors (Lipinski definition) is 1. The van der Waals surface area contributed by atoms with Crippen LogP contribution in [0.3, 0.4) is 0 Å². The number of likely N-dealkylation sites (N-methyl/N-ethyl adjacent to an activating group) is 1. The number of anilines is 1. The number of nitrogens with one attached hydrogen (secondary N) is 1. The number of rotatable bonds is 3. The van der Waals surface area contributed by atoms with E-state index < -0.39 is 11.6 Å². The highest BCUT2D eigenvalue weighted by atomic mass is 19.2. The quantitative estimate of drug-likeness (QED) is 0.679. The predicted octanol–water partition coefficient (Wildman–Crippen LogP) is 3.50. The van der Waals surface area contributed by atoms with Crippen molar-refractivity contribution in [2.24, 2.45) is 5.92 Å². The Balaban J connectivity index is 1.32. The third-order valence-corrected chi connectivity index (χ3v) is 6.72. The number of pyridine rings is 1. The van der Waals surface area contributed by atoms with Crippen LogP contribution in [-0.4, -0.2) is 72.0 Å². The molecule has 2 aromatic heterocycles. The molecule has 2 fully saturated rings. The molecule has 2 saturated heterocycles. The molecular weight excluding hydrogens is 412 g/mol. The molecule has 5 rings (SSSR count). The number of fused-ring (bicyclic) bond motifs is 1. The maximum atomic E-state index is 13.7. The molecule has 32 heavy (non-hydrogen) atoms. The summed E-state index contributed by atoms with van der Waals surface area (Å²) >= 11 is 0. The minimum Gasteiger partial charge on any atom is -0.356 e. The van der Waals surface area contributed by atoms with E-state index in [1.54, 1.807) is 12.3 Å². The van der Waals surface area contributed by atoms with Gasteiger partial charge in [0.2, 0.25) is 5.91 Å². The molecule has 1 aromatic carbocycles. The van der Waals surface area contributed by atoms with E-state index >= 15 is 0 Å². The second kappa shape index (κ2) is 8.50. The number of benzene rings is 1. The lowest BCUT2D eigenvalue weighted by Crippen LogP contribution is -2.50. The summed E-state index contributed by atoms with van der Waals surface area (Å²) in [4.78, 5) is 27.3. The lowest BCUT2D eigenvalue weighted by atomic mass is 9.94. The standard InChI is InChI=1S/C24H27F2N5O/c1-29-10-12-31(13-11-29)24(32)16-5-8-30(9-6-16)23-18-15-22(28-21(18)4-7-27-23)17-2-3-19(25)20(26)14-17/h2-4,7,14-16,28H,5-6,8-13H2,1H3. The van der Waals surface area contributed by atoms with Crippen LogP contribution >= 0.6 is 0 Å². The maximum absolute atomic E-state index is 13.7. The summed E-state index contributed by atoms with van der Waals surface area (Å²) in [6.45, 7) is 5.03. The Morgan fingerprint density at radius 2 is 1.75 bits per heavy atom. The number of nitrogens with zero attached hydrogens (tertiary/aromatic N) is 4. The summed E-state index contributed by atoms with van der Waals surface area (Å²) in [5.74, 6) is -0.519. The minimum atomic E-state index is -0.869. The van der Waals surface area contributed by atoms with Crippen LogP contribution < -0.4 is 4.90 Å². The third kappa shape index (κ3) is 3.95. The van der Waals surface area contributed by atoms with Crippen LogP contribution in [0.15, 0.2) is 36.5 Å². The lowest BCUT2D eigenvalue weighted by Gasteiger charge is -2.38. The zero-order valence-electron chi connectivity index (χ0n) is 18.2. The van der Waals surface area contributed by atoms with Crippen LogP contribution in [0, 0.1) is 17.6 Å². The van der Waals surface area contributed by atoms with Crippen LogP contribution in [0.5, 0.6) is 0 Å². The molecule has 2 aliphatic heterocycles. The van der Waals surface area contributed by atoms with Gasteiger partial charge in [0.15, 0.2) is 11.6 Å². The summed E-state index contributed by atoms with van der Waals surface area (Å²) in [7, 11) is 2.09. The Morgan fingerprint density at radius 3 is 2.47 bits per heavy atom. The smallest absolute Gasteiger partial charge is 0.225 e. The Kier molecular flexibility index (Phi) is 5.55. The molecule has 3 aromatic rings. The zero-order chi connectivity index (χ0) is 22.2. The van der Waals surface area contributed by atoms with Gasteiger partial charge in [-0.05, 0) is 50.2 Å². The molecule has 4 heterocycles. The number of aromatic nitrogens is 2. The number of aromatic amines is 1. The first-order chi connectivity index (χ1) is 15.5. The van der Waals surface area contributed by atoms with Crippen LogP contribution in [-0.2, 0) is 4.79 Å². The first-order valence-corrected chi connectivity index (χ1v) is 11.1. The molecule has 0 bridgehead atoms. The molecular formula is C24H27F2N5O. The van der Waals surface area contributed by atoms with Gasteiger partial charge in [-0.1, -0.05) is 0 Å². The van der Waals surface area contributed by atoms with Crippen molar-refractivity contribution in [2.75, 3.05) is 51.2 Å². The second-order valence-electron chi connectivity index (χ2n) is 8.80. The fourth-order valence-electron chi connectivity index (χ4n) is 4.73. The van der Waals surface area contributed by atoms with Gasteiger partial charge in [0.05, 0.1) is 5.52 Å². The highest BCUT2D eigenvalue weighted by Gasteiger charge is 2.30. The molecule has 0 spiro atoms. The Hall–Kier alpha value is -3.00. The molecule has 0 radical (unpaired) electrons. The van der Waals surface area contributed by atoms with Gasteiger partial charge in [0.1, 0.15) is 5.82 Å². The summed E-state index contributed by atoms with van der Waals surface area (Å²) < 4.78 is 27.0. The van der Waals surface area contributed by atoms with Gasteiger partial charge < -0.3 is 19.7 Å². The summed E-state index contributed by atoms with van der Waals surface area (Å²) in [5, 5.41) is 0.941. The van der Waals surface area contributed by atoms with E-state index in [0.717, 1.165) is 74.9 Å². The Bertz CT molecular complexity index is 1130. The van der Waals surface area contributed by atoms with E-state index in [4.69, 9.17) is 0 Å². The molecule has 2 aliphatic rings. The number of amides is 1. The monoisotopic (exact) mass is 439 g/mol. The molecule has 6 nitrogen and oxygen atoms in total. The number of carbonyl (C=O) groups excluding carboxylic acids is 1. The van der Waals surface area contributed by atoms with Crippen LogP contribution in [0.2, 0.25) is 0 Å². The number of carbonyl (C=O) groups is 1. The number of piperazine rings is 1. The van der Waals surface area contributed by atoms with E-state index in [-0.39, 0.29) is 11.8 Å². The van der Waals surface area contributed by atoms with Crippen molar-refractivity contribution in [1.29, 1.82) is 0 Å². The highest BCUT2D eigenvalue weighted by molar-refractivity contribution is 5.94. The largest absolute Gasteiger partial charge is 0.356 e. The average molecular weight is 440 g/mol. The summed E-state index contributed by atoms with van der Waals surface area (Å²) in [5.41, 5.74) is 2.20. The molecule has 0 aliphatic carbocycles. The van der Waals surface area contributed by atoms with Crippen LogP contribution in [0.1, 0.15) is 12.8 Å². The second-order valence-corrected chi connectivity index (χ2v) is 8.80. The number of hydrogen-bond acceptors (Lipinski definition) is 4. The van der Waals surface area contributed by atoms with Crippen molar-refractivity contribution in [3.63, 3.8) is 0 Å². The SMILES string of the molecule is CN1CCN(C(=O)C2CCN(c3nccc4[nH]c(-c5ccc(F)c(F)c5)cc34)CC2)CC1. The van der Waals surface area contributed by atoms with Crippen molar-refractivity contribution < 1.29 is 13.6 Å². The van der Waals surface area contributed by atoms with Gasteiger partial charge >= 0.3 is 0 Å². The topological polar surface area (TPSA) is 55.5 Å². The highest BCUT2D eigenvalue weighted by Crippen LogP contribution is 2.32. The van der Waals surface area contributed by atoms with E-state index in [1.165, 1.54) is 6.07 Å². The molecule has 1 amide bonds. The lowest BCUT2D eigenvalue weighted by molar-refractivity contribution is -0.137. The normalized spacial score (nSPS) is 18.5. The van der Waals surface area contributed by atoms with Gasteiger partial charge in [-0.2, -0.15) is 0 Å². The molecule has 0 unspecified atom stereocenters. The average Bonchev–Trinajstić information content (AvgIpc) is 3.25. The van der Waals surface area contributed by atoms with Crippen molar-refractivity contribution in [3.05, 3.63) is 48.2 Å². The first kappa shape index (κ1) is 20.9. The number of halogens is 2. The van der Waals surface area contributed by atoms with Gasteiger partial charge in [0, 0.05) is 68.0 Å². The van der Waals surface area contributed by atoms with Crippen molar-refractivity contribution in [3.8, 4) is 11.3 Å². The van der Waals surface area contributed by atoms with E-state index in [9.17, 15) is 13.6 Å². The summed E-state index contributed by atoms with van der Waals surface area (Å²) in [6, 6.07) is 7.71. The van der Waals surface area contributed by atoms with Crippen LogP contribution in [0.4, 0.5) is 14.6 Å². The Morgan fingerprint density at radius 1 is 1.00 bits per heavy atom. The van der Waals surface area contributed by atoms with E-state index in [1.807, 2.05) is 17.0 Å². The van der Waals surface area contributed by atoms with Gasteiger partial charge in [0.25, 0.3) is 0 Å². The molecule has 0 saturated carbocycles. The van der Waals surface area contributed by atoms with E-state index in [2.05, 4.69) is 26.8 Å². The van der Waals surface area contributed by atoms with E-state index in [0.29, 0.717) is 11.3 Å². The van der Waals surface area contributed by atoms with Crippen LogP contribution in [0.25, 0.3) is 22.2 Å². The van der Waals surface area contributed by atoms with Crippen molar-refractivity contribution >= 4 is 22.6 Å². The number of H-pyrrole nitrogens is 1. The number of piperidine rings is 1. The predicted molar refractivity (Wildman–Crippen MR) is 120 cm³/mol. The summed E-state index contributed by atoms with van der Waals surface area (Å²) in [6.07, 6.45) is 3.37. The molecule has 8 heteroatoms. The fourth-order valence-corrected chi connectivity index (χ4v) is 4.73. The zero-order valence-corrected chi connectivity index (χ0v) is 18.2. The van der Waals surface area contributed by atoms with Gasteiger partial charge in [-0.3, -0.25) is 4.79 Å². The Labute approximate surface area is 185 Å². The fraction of sp³-hybridized carbons (Fsp3) is 0.417. The van der Waals surface area contributed by atoms with Crippen molar-refractivity contribution in [1.82, 2.24) is 19.8 Å². The maximum Gasteiger partial charge on any atom is 0.225 e. The molecule has 168 valence electrons. The van der Waals surface area contributed by atoms with Gasteiger partial charge in [-0.25, -0.2) is 13.8 Å². The molecule has 0 atom stereocenters. The van der Waals surface area contributed by atoms with Gasteiger partial charge in [-0.15, -0.1) is 0 Å². The molecule has 1 N–H and O–H groups in total. The van der Waals surface area contributed by atoms with Crippen molar-refractivity contribution in [2.45, 2.75) is 12.8 Å². The minimum absolute atomic E-state index is 0.0674.